The summed E-state index contributed by atoms with van der Waals surface area (Å²) in [5, 5.41) is 7.53. The minimum Gasteiger partial charge on any atom is -0.479 e. The highest BCUT2D eigenvalue weighted by Gasteiger charge is 2.15. The summed E-state index contributed by atoms with van der Waals surface area (Å²) in [5.41, 5.74) is -0.169. The van der Waals surface area contributed by atoms with Gasteiger partial charge in [-0.25, -0.2) is 4.68 Å². The zero-order valence-corrected chi connectivity index (χ0v) is 14.5. The molecule has 0 fully saturated rings. The van der Waals surface area contributed by atoms with Crippen molar-refractivity contribution < 1.29 is 9.53 Å². The number of carbonyl (C=O) groups excluding carboxylic acids is 1. The van der Waals surface area contributed by atoms with E-state index >= 15 is 0 Å². The van der Waals surface area contributed by atoms with Gasteiger partial charge in [-0.2, -0.15) is 5.10 Å². The van der Waals surface area contributed by atoms with Gasteiger partial charge in [0.2, 0.25) is 0 Å². The summed E-state index contributed by atoms with van der Waals surface area (Å²) in [6, 6.07) is 7.83. The highest BCUT2D eigenvalue weighted by molar-refractivity contribution is 6.35. The van der Waals surface area contributed by atoms with Crippen LogP contribution in [0.2, 0.25) is 10.0 Å². The predicted octanol–water partition coefficient (Wildman–Crippen LogP) is 2.52. The molecule has 0 saturated carbocycles. The highest BCUT2D eigenvalue weighted by Crippen LogP contribution is 2.28. The number of amides is 1. The second kappa shape index (κ2) is 8.70. The summed E-state index contributed by atoms with van der Waals surface area (Å²) in [5.74, 6) is 0.123. The number of nitrogens with one attached hydrogen (secondary N) is 1. The van der Waals surface area contributed by atoms with Crippen LogP contribution >= 0.6 is 23.2 Å². The molecule has 1 N–H and O–H groups in total. The van der Waals surface area contributed by atoms with Gasteiger partial charge in [0.05, 0.1) is 5.02 Å². The van der Waals surface area contributed by atoms with Crippen LogP contribution in [0.15, 0.2) is 41.3 Å². The molecule has 2 aromatic rings. The maximum atomic E-state index is 12.0. The molecule has 24 heavy (non-hydrogen) atoms. The molecular formula is C16H17Cl2N3O3. The maximum Gasteiger partial charge on any atom is 0.266 e. The first-order chi connectivity index (χ1) is 11.5. The lowest BCUT2D eigenvalue weighted by molar-refractivity contribution is -0.127. The number of nitrogens with zero attached hydrogens (tertiary/aromatic N) is 2. The lowest BCUT2D eigenvalue weighted by Crippen LogP contribution is -2.37. The molecule has 0 aliphatic rings. The van der Waals surface area contributed by atoms with E-state index in [0.717, 1.165) is 0 Å². The molecule has 1 aromatic carbocycles. The van der Waals surface area contributed by atoms with Gasteiger partial charge in [0.1, 0.15) is 5.75 Å². The molecule has 0 saturated heterocycles. The van der Waals surface area contributed by atoms with Crippen molar-refractivity contribution in [2.75, 3.05) is 6.54 Å². The quantitative estimate of drug-likeness (QED) is 0.761. The minimum atomic E-state index is -0.707. The third-order valence-corrected chi connectivity index (χ3v) is 3.73. The molecule has 0 aliphatic heterocycles. The largest absolute Gasteiger partial charge is 0.479 e. The molecule has 2 rings (SSSR count). The normalized spacial score (nSPS) is 11.8. The van der Waals surface area contributed by atoms with Crippen molar-refractivity contribution in [1.82, 2.24) is 15.1 Å². The van der Waals surface area contributed by atoms with Crippen molar-refractivity contribution in [3.05, 3.63) is 56.9 Å². The number of benzene rings is 1. The van der Waals surface area contributed by atoms with Crippen molar-refractivity contribution >= 4 is 29.1 Å². The number of rotatable bonds is 7. The number of hydrogen-bond donors (Lipinski definition) is 1. The Morgan fingerprint density at radius 3 is 2.88 bits per heavy atom. The Bertz CT molecular complexity index is 764. The third-order valence-electron chi connectivity index (χ3n) is 3.20. The number of aryl methyl sites for hydroxylation is 1. The molecule has 1 heterocycles. The van der Waals surface area contributed by atoms with Crippen LogP contribution in [0.25, 0.3) is 0 Å². The molecular weight excluding hydrogens is 353 g/mol. The highest BCUT2D eigenvalue weighted by atomic mass is 35.5. The summed E-state index contributed by atoms with van der Waals surface area (Å²) in [7, 11) is 0. The monoisotopic (exact) mass is 369 g/mol. The second-order valence-corrected chi connectivity index (χ2v) is 5.91. The van der Waals surface area contributed by atoms with E-state index in [2.05, 4.69) is 10.4 Å². The van der Waals surface area contributed by atoms with Gasteiger partial charge in [0.25, 0.3) is 11.5 Å². The average molecular weight is 370 g/mol. The van der Waals surface area contributed by atoms with E-state index in [1.165, 1.54) is 10.7 Å². The molecule has 1 atom stereocenters. The van der Waals surface area contributed by atoms with Crippen LogP contribution in [0.4, 0.5) is 0 Å². The van der Waals surface area contributed by atoms with Gasteiger partial charge in [0, 0.05) is 30.4 Å². The molecule has 0 aliphatic carbocycles. The Morgan fingerprint density at radius 1 is 1.38 bits per heavy atom. The average Bonchev–Trinajstić information content (AvgIpc) is 2.55. The first-order valence-corrected chi connectivity index (χ1v) is 8.14. The van der Waals surface area contributed by atoms with Crippen molar-refractivity contribution in [2.45, 2.75) is 26.0 Å². The van der Waals surface area contributed by atoms with Crippen LogP contribution in [0.3, 0.4) is 0 Å². The Kier molecular flexibility index (Phi) is 6.63. The minimum absolute atomic E-state index is 0.169. The van der Waals surface area contributed by atoms with E-state index in [0.29, 0.717) is 35.3 Å². The third kappa shape index (κ3) is 5.25. The fourth-order valence-electron chi connectivity index (χ4n) is 1.95. The first kappa shape index (κ1) is 18.3. The maximum absolute atomic E-state index is 12.0. The molecule has 8 heteroatoms. The molecule has 128 valence electrons. The van der Waals surface area contributed by atoms with E-state index in [-0.39, 0.29) is 11.5 Å². The van der Waals surface area contributed by atoms with Crippen LogP contribution < -0.4 is 15.6 Å². The predicted molar refractivity (Wildman–Crippen MR) is 92.7 cm³/mol. The van der Waals surface area contributed by atoms with Crippen LogP contribution in [0, 0.1) is 0 Å². The summed E-state index contributed by atoms with van der Waals surface area (Å²) < 4.78 is 6.87. The number of ether oxygens (including phenoxy) is 1. The molecule has 0 radical (unpaired) electrons. The lowest BCUT2D eigenvalue weighted by atomic mass is 10.3. The smallest absolute Gasteiger partial charge is 0.266 e. The van der Waals surface area contributed by atoms with Gasteiger partial charge in [-0.05, 0) is 37.6 Å². The molecule has 1 aromatic heterocycles. The van der Waals surface area contributed by atoms with Gasteiger partial charge >= 0.3 is 0 Å². The van der Waals surface area contributed by atoms with Crippen molar-refractivity contribution in [3.63, 3.8) is 0 Å². The Labute approximate surface area is 149 Å². The molecule has 0 unspecified atom stereocenters. The molecule has 6 nitrogen and oxygen atoms in total. The second-order valence-electron chi connectivity index (χ2n) is 5.06. The summed E-state index contributed by atoms with van der Waals surface area (Å²) in [4.78, 5) is 23.5. The lowest BCUT2D eigenvalue weighted by Gasteiger charge is -2.15. The molecule has 0 spiro atoms. The Morgan fingerprint density at radius 2 is 2.17 bits per heavy atom. The topological polar surface area (TPSA) is 73.2 Å². The van der Waals surface area contributed by atoms with Crippen molar-refractivity contribution in [2.24, 2.45) is 0 Å². The van der Waals surface area contributed by atoms with Gasteiger partial charge < -0.3 is 10.1 Å². The van der Waals surface area contributed by atoms with E-state index in [1.807, 2.05) is 0 Å². The van der Waals surface area contributed by atoms with E-state index in [1.54, 1.807) is 37.4 Å². The number of hydrogen-bond acceptors (Lipinski definition) is 4. The van der Waals surface area contributed by atoms with E-state index in [4.69, 9.17) is 27.9 Å². The SMILES string of the molecule is C[C@@H](Oc1ccc(Cl)cc1Cl)C(=O)NCCCn1ncccc1=O. The molecule has 0 bridgehead atoms. The van der Waals surface area contributed by atoms with Gasteiger partial charge in [-0.15, -0.1) is 0 Å². The van der Waals surface area contributed by atoms with Crippen LogP contribution in [-0.4, -0.2) is 28.3 Å². The summed E-state index contributed by atoms with van der Waals surface area (Å²) in [6.45, 7) is 2.46. The zero-order valence-electron chi connectivity index (χ0n) is 13.0. The van der Waals surface area contributed by atoms with Crippen molar-refractivity contribution in [1.29, 1.82) is 0 Å². The van der Waals surface area contributed by atoms with Gasteiger partial charge in [-0.3, -0.25) is 9.59 Å². The van der Waals surface area contributed by atoms with Gasteiger partial charge in [-0.1, -0.05) is 23.2 Å². The Balaban J connectivity index is 1.77. The zero-order chi connectivity index (χ0) is 17.5. The van der Waals surface area contributed by atoms with Crippen molar-refractivity contribution in [3.8, 4) is 5.75 Å². The summed E-state index contributed by atoms with van der Waals surface area (Å²) >= 11 is 11.8. The fourth-order valence-corrected chi connectivity index (χ4v) is 2.41. The van der Waals surface area contributed by atoms with Gasteiger partial charge in [0.15, 0.2) is 6.10 Å². The number of aromatic nitrogens is 2. The first-order valence-electron chi connectivity index (χ1n) is 7.39. The summed E-state index contributed by atoms with van der Waals surface area (Å²) in [6.07, 6.45) is 1.42. The van der Waals surface area contributed by atoms with E-state index in [9.17, 15) is 9.59 Å². The van der Waals surface area contributed by atoms with Crippen LogP contribution in [0.5, 0.6) is 5.75 Å². The van der Waals surface area contributed by atoms with E-state index < -0.39 is 6.10 Å². The Hall–Kier alpha value is -2.05. The number of carbonyl (C=O) groups is 1. The number of halogens is 2. The van der Waals surface area contributed by atoms with Crippen LogP contribution in [0.1, 0.15) is 13.3 Å². The fraction of sp³-hybridized carbons (Fsp3) is 0.312. The molecule has 1 amide bonds. The standard InChI is InChI=1S/C16H17Cl2N3O3/c1-11(24-14-6-5-12(17)10-13(14)18)16(23)19-7-3-9-21-15(22)4-2-8-20-21/h2,4-6,8,10-11H,3,7,9H2,1H3,(H,19,23)/t11-/m1/s1. The van der Waals surface area contributed by atoms with Crippen LogP contribution in [-0.2, 0) is 11.3 Å².